The quantitative estimate of drug-likeness (QED) is 0.383. The Morgan fingerprint density at radius 2 is 1.83 bits per heavy atom. The summed E-state index contributed by atoms with van der Waals surface area (Å²) in [6.07, 6.45) is -0.309. The van der Waals surface area contributed by atoms with Gasteiger partial charge in [-0.2, -0.15) is 0 Å². The zero-order valence-corrected chi connectivity index (χ0v) is 14.3. The van der Waals surface area contributed by atoms with Crippen LogP contribution >= 0.6 is 11.6 Å². The summed E-state index contributed by atoms with van der Waals surface area (Å²) in [7, 11) is 0. The molecule has 0 aromatic heterocycles. The lowest BCUT2D eigenvalue weighted by Crippen LogP contribution is -2.32. The lowest BCUT2D eigenvalue weighted by molar-refractivity contribution is -0.484. The number of ether oxygens (including phenoxy) is 2. The van der Waals surface area contributed by atoms with E-state index in [-0.39, 0.29) is 19.6 Å². The van der Waals surface area contributed by atoms with Crippen LogP contribution in [0.4, 0.5) is 0 Å². The third-order valence-corrected chi connectivity index (χ3v) is 3.76. The molecule has 0 aliphatic rings. The number of hydrogen-bond donors (Lipinski definition) is 0. The topological polar surface area (TPSA) is 95.7 Å². The van der Waals surface area contributed by atoms with E-state index in [0.29, 0.717) is 10.6 Å². The van der Waals surface area contributed by atoms with Crippen LogP contribution in [0.5, 0.6) is 0 Å². The van der Waals surface area contributed by atoms with Crippen LogP contribution in [0.1, 0.15) is 31.7 Å². The maximum absolute atomic E-state index is 12.3. The largest absolute Gasteiger partial charge is 0.466 e. The van der Waals surface area contributed by atoms with Gasteiger partial charge in [-0.05, 0) is 25.5 Å². The highest BCUT2D eigenvalue weighted by Gasteiger charge is 2.37. The second-order valence-corrected chi connectivity index (χ2v) is 5.42. The summed E-state index contributed by atoms with van der Waals surface area (Å²) >= 11 is 6.14. The van der Waals surface area contributed by atoms with Crippen molar-refractivity contribution in [2.75, 3.05) is 19.8 Å². The molecule has 0 aliphatic carbocycles. The van der Waals surface area contributed by atoms with Crippen LogP contribution in [0, 0.1) is 16.0 Å². The van der Waals surface area contributed by atoms with Gasteiger partial charge in [0.2, 0.25) is 6.54 Å². The average Bonchev–Trinajstić information content (AvgIpc) is 2.51. The zero-order valence-electron chi connectivity index (χ0n) is 13.6. The van der Waals surface area contributed by atoms with Crippen molar-refractivity contribution in [3.05, 3.63) is 45.0 Å². The minimum atomic E-state index is -1.05. The van der Waals surface area contributed by atoms with Gasteiger partial charge in [0.25, 0.3) is 0 Å². The van der Waals surface area contributed by atoms with E-state index in [2.05, 4.69) is 0 Å². The fourth-order valence-electron chi connectivity index (χ4n) is 2.42. The number of carbonyl (C=O) groups excluding carboxylic acids is 2. The summed E-state index contributed by atoms with van der Waals surface area (Å²) in [6.45, 7) is 2.97. The Morgan fingerprint density at radius 1 is 1.21 bits per heavy atom. The van der Waals surface area contributed by atoms with Crippen molar-refractivity contribution in [1.29, 1.82) is 0 Å². The highest BCUT2D eigenvalue weighted by molar-refractivity contribution is 6.31. The molecule has 0 fully saturated rings. The molecule has 0 amide bonds. The Morgan fingerprint density at radius 3 is 2.38 bits per heavy atom. The van der Waals surface area contributed by atoms with Crippen molar-refractivity contribution in [2.24, 2.45) is 5.92 Å². The summed E-state index contributed by atoms with van der Waals surface area (Å²) in [5.74, 6) is -3.24. The van der Waals surface area contributed by atoms with Gasteiger partial charge in [0.05, 0.1) is 31.5 Å². The Kier molecular flexibility index (Phi) is 8.18. The molecule has 1 rings (SSSR count). The minimum absolute atomic E-state index is 0.103. The van der Waals surface area contributed by atoms with E-state index < -0.39 is 35.2 Å². The molecule has 0 spiro atoms. The van der Waals surface area contributed by atoms with Crippen molar-refractivity contribution in [3.63, 3.8) is 0 Å². The first-order valence-corrected chi connectivity index (χ1v) is 7.96. The Hall–Kier alpha value is -2.15. The predicted molar refractivity (Wildman–Crippen MR) is 87.4 cm³/mol. The number of nitro groups is 1. The van der Waals surface area contributed by atoms with Gasteiger partial charge in [-0.1, -0.05) is 29.8 Å². The van der Waals surface area contributed by atoms with Crippen LogP contribution in [0.2, 0.25) is 5.02 Å². The molecular formula is C16H20ClNO6. The summed E-state index contributed by atoms with van der Waals surface area (Å²) in [6, 6.07) is 6.53. The Labute approximate surface area is 145 Å². The van der Waals surface area contributed by atoms with E-state index in [1.54, 1.807) is 38.1 Å². The van der Waals surface area contributed by atoms with E-state index in [4.69, 9.17) is 21.1 Å². The first-order chi connectivity index (χ1) is 11.4. The van der Waals surface area contributed by atoms with E-state index in [0.717, 1.165) is 0 Å². The number of hydrogen-bond acceptors (Lipinski definition) is 6. The average molecular weight is 358 g/mol. The molecule has 1 aromatic rings. The van der Waals surface area contributed by atoms with Gasteiger partial charge in [-0.25, -0.2) is 0 Å². The van der Waals surface area contributed by atoms with E-state index in [1.165, 1.54) is 0 Å². The smallest absolute Gasteiger partial charge is 0.310 e. The third-order valence-electron chi connectivity index (χ3n) is 3.42. The van der Waals surface area contributed by atoms with Crippen molar-refractivity contribution in [1.82, 2.24) is 0 Å². The standard InChI is InChI=1S/C16H20ClNO6/c1-3-23-15(19)9-12(16(20)24-4-2)13(10-18(21)22)11-7-5-6-8-14(11)17/h5-8,12-13H,3-4,9-10H2,1-2H3/t12?,13-/m1/s1. The van der Waals surface area contributed by atoms with Gasteiger partial charge >= 0.3 is 11.9 Å². The first kappa shape index (κ1) is 19.9. The second kappa shape index (κ2) is 9.87. The number of nitrogens with zero attached hydrogens (tertiary/aromatic N) is 1. The summed E-state index contributed by atoms with van der Waals surface area (Å²) < 4.78 is 9.87. The van der Waals surface area contributed by atoms with Crippen LogP contribution in [0.25, 0.3) is 0 Å². The van der Waals surface area contributed by atoms with Crippen LogP contribution < -0.4 is 0 Å². The van der Waals surface area contributed by atoms with Gasteiger partial charge in [-0.3, -0.25) is 19.7 Å². The highest BCUT2D eigenvalue weighted by atomic mass is 35.5. The van der Waals surface area contributed by atoms with Crippen molar-refractivity contribution < 1.29 is 24.0 Å². The first-order valence-electron chi connectivity index (χ1n) is 7.59. The van der Waals surface area contributed by atoms with Gasteiger partial charge < -0.3 is 9.47 Å². The Balaban J connectivity index is 3.23. The van der Waals surface area contributed by atoms with Crippen molar-refractivity contribution in [3.8, 4) is 0 Å². The molecular weight excluding hydrogens is 338 g/mol. The van der Waals surface area contributed by atoms with Gasteiger partial charge in [-0.15, -0.1) is 0 Å². The molecule has 1 unspecified atom stereocenters. The van der Waals surface area contributed by atoms with Crippen LogP contribution in [-0.4, -0.2) is 36.6 Å². The predicted octanol–water partition coefficient (Wildman–Crippen LogP) is 2.83. The molecule has 7 nitrogen and oxygen atoms in total. The fourth-order valence-corrected chi connectivity index (χ4v) is 2.69. The maximum Gasteiger partial charge on any atom is 0.310 e. The lowest BCUT2D eigenvalue weighted by Gasteiger charge is -2.23. The van der Waals surface area contributed by atoms with E-state index in [9.17, 15) is 19.7 Å². The zero-order chi connectivity index (χ0) is 18.1. The molecule has 1 aromatic carbocycles. The number of esters is 2. The third kappa shape index (κ3) is 5.81. The van der Waals surface area contributed by atoms with Gasteiger partial charge in [0.1, 0.15) is 0 Å². The normalized spacial score (nSPS) is 13.0. The van der Waals surface area contributed by atoms with Gasteiger partial charge in [0.15, 0.2) is 0 Å². The molecule has 0 saturated carbocycles. The summed E-state index contributed by atoms with van der Waals surface area (Å²) in [4.78, 5) is 34.7. The monoisotopic (exact) mass is 357 g/mol. The molecule has 2 atom stereocenters. The number of carbonyl (C=O) groups is 2. The second-order valence-electron chi connectivity index (χ2n) is 5.01. The summed E-state index contributed by atoms with van der Waals surface area (Å²) in [5, 5.41) is 11.4. The Bertz CT molecular complexity index is 592. The van der Waals surface area contributed by atoms with Crippen LogP contribution in [-0.2, 0) is 19.1 Å². The molecule has 8 heteroatoms. The molecule has 0 saturated heterocycles. The van der Waals surface area contributed by atoms with E-state index >= 15 is 0 Å². The lowest BCUT2D eigenvalue weighted by atomic mass is 9.83. The molecule has 132 valence electrons. The molecule has 0 radical (unpaired) electrons. The van der Waals surface area contributed by atoms with Crippen molar-refractivity contribution >= 4 is 23.5 Å². The molecule has 24 heavy (non-hydrogen) atoms. The number of benzene rings is 1. The minimum Gasteiger partial charge on any atom is -0.466 e. The summed E-state index contributed by atoms with van der Waals surface area (Å²) in [5.41, 5.74) is 0.429. The number of halogens is 1. The SMILES string of the molecule is CCOC(=O)CC(C(=O)OCC)[C@H](C[N+](=O)[O-])c1ccccc1Cl. The van der Waals surface area contributed by atoms with E-state index in [1.807, 2.05) is 0 Å². The molecule has 0 heterocycles. The number of rotatable bonds is 9. The highest BCUT2D eigenvalue weighted by Crippen LogP contribution is 2.33. The van der Waals surface area contributed by atoms with Crippen LogP contribution in [0.15, 0.2) is 24.3 Å². The molecule has 0 bridgehead atoms. The van der Waals surface area contributed by atoms with Crippen LogP contribution in [0.3, 0.4) is 0 Å². The van der Waals surface area contributed by atoms with Crippen molar-refractivity contribution in [2.45, 2.75) is 26.2 Å². The van der Waals surface area contributed by atoms with Gasteiger partial charge in [0, 0.05) is 9.95 Å². The maximum atomic E-state index is 12.3. The molecule has 0 N–H and O–H groups in total. The molecule has 0 aliphatic heterocycles. The fraction of sp³-hybridized carbons (Fsp3) is 0.500.